The number of pyridine rings is 1. The van der Waals surface area contributed by atoms with E-state index >= 15 is 8.78 Å². The molecule has 12 heteroatoms. The maximum Gasteiger partial charge on any atom is 0.410 e. The van der Waals surface area contributed by atoms with Crippen LogP contribution in [0.4, 0.5) is 23.8 Å². The number of ether oxygens (including phenoxy) is 2. The minimum Gasteiger partial charge on any atom is -0.461 e. The van der Waals surface area contributed by atoms with Gasteiger partial charge in [-0.05, 0) is 81.8 Å². The number of rotatable bonds is 6. The predicted octanol–water partition coefficient (Wildman–Crippen LogP) is 7.23. The zero-order valence-electron chi connectivity index (χ0n) is 29.0. The number of aryl methyl sites for hydroxylation is 1. The Hall–Kier alpha value is -4.19. The number of hydrogen-bond acceptors (Lipinski definition) is 8. The summed E-state index contributed by atoms with van der Waals surface area (Å²) in [4.78, 5) is 33.4. The van der Waals surface area contributed by atoms with E-state index in [0.29, 0.717) is 60.2 Å². The molecule has 2 aromatic heterocycles. The zero-order valence-corrected chi connectivity index (χ0v) is 29.0. The van der Waals surface area contributed by atoms with Crippen LogP contribution in [0.15, 0.2) is 36.5 Å². The van der Waals surface area contributed by atoms with E-state index in [0.717, 1.165) is 37.6 Å². The van der Waals surface area contributed by atoms with E-state index in [1.807, 2.05) is 44.7 Å². The molecule has 4 aliphatic rings. The van der Waals surface area contributed by atoms with Gasteiger partial charge in [-0.2, -0.15) is 9.97 Å². The summed E-state index contributed by atoms with van der Waals surface area (Å²) in [7, 11) is 0. The number of piperazine rings is 1. The Morgan fingerprint density at radius 1 is 1.06 bits per heavy atom. The summed E-state index contributed by atoms with van der Waals surface area (Å²) in [6.45, 7) is 9.76. The second-order valence-corrected chi connectivity index (χ2v) is 15.3. The van der Waals surface area contributed by atoms with E-state index < -0.39 is 23.1 Å². The minimum atomic E-state index is -0.923. The van der Waals surface area contributed by atoms with Crippen molar-refractivity contribution in [2.45, 2.75) is 95.6 Å². The fourth-order valence-electron chi connectivity index (χ4n) is 8.82. The van der Waals surface area contributed by atoms with E-state index in [-0.39, 0.29) is 47.8 Å². The number of fused-ring (bicyclic) bond motifs is 5. The van der Waals surface area contributed by atoms with Crippen molar-refractivity contribution in [2.24, 2.45) is 0 Å². The van der Waals surface area contributed by atoms with E-state index in [4.69, 9.17) is 14.5 Å². The maximum atomic E-state index is 17.0. The molecule has 0 aliphatic carbocycles. The molecule has 2 unspecified atom stereocenters. The summed E-state index contributed by atoms with van der Waals surface area (Å²) in [5.41, 5.74) is 0.0115. The van der Waals surface area contributed by atoms with Crippen molar-refractivity contribution in [1.29, 1.82) is 0 Å². The van der Waals surface area contributed by atoms with Crippen molar-refractivity contribution in [3.8, 4) is 17.3 Å². The molecule has 0 N–H and O–H groups in total. The van der Waals surface area contributed by atoms with Crippen LogP contribution < -0.4 is 9.64 Å². The second kappa shape index (κ2) is 12.2. The minimum absolute atomic E-state index is 0.00668. The Morgan fingerprint density at radius 3 is 2.58 bits per heavy atom. The summed E-state index contributed by atoms with van der Waals surface area (Å²) in [6, 6.07) is 8.36. The Labute approximate surface area is 289 Å². The van der Waals surface area contributed by atoms with Crippen LogP contribution in [0.2, 0.25) is 0 Å². The molecule has 4 atom stereocenters. The highest BCUT2D eigenvalue weighted by molar-refractivity contribution is 6.01. The third kappa shape index (κ3) is 5.59. The van der Waals surface area contributed by atoms with Crippen LogP contribution in [0, 0.1) is 11.6 Å². The second-order valence-electron chi connectivity index (χ2n) is 15.3. The topological polar surface area (TPSA) is 83.9 Å². The van der Waals surface area contributed by atoms with Gasteiger partial charge in [0.25, 0.3) is 0 Å². The third-order valence-corrected chi connectivity index (χ3v) is 11.0. The fourth-order valence-corrected chi connectivity index (χ4v) is 8.82. The fraction of sp³-hybridized carbons (Fsp3) is 0.526. The van der Waals surface area contributed by atoms with Gasteiger partial charge < -0.3 is 14.4 Å². The SMILES string of the molecule is CCc1c(F)ccc2cccc(-c3ncc4c(N5CC6CCC(C5)N6C(=O)OC(C)(C)C)nc(OC[C@@]56CCCN5C[C@H](F)C6)nc4c3F)c12. The van der Waals surface area contributed by atoms with Gasteiger partial charge >= 0.3 is 12.1 Å². The maximum absolute atomic E-state index is 17.0. The van der Waals surface area contributed by atoms with Gasteiger partial charge in [-0.1, -0.05) is 31.2 Å². The molecule has 8 rings (SSSR count). The van der Waals surface area contributed by atoms with Crippen LogP contribution in [0.5, 0.6) is 6.01 Å². The lowest BCUT2D eigenvalue weighted by Crippen LogP contribution is -2.57. The van der Waals surface area contributed by atoms with Gasteiger partial charge in [0.1, 0.15) is 41.2 Å². The molecule has 264 valence electrons. The van der Waals surface area contributed by atoms with Crippen LogP contribution in [0.25, 0.3) is 32.9 Å². The van der Waals surface area contributed by atoms with E-state index in [2.05, 4.69) is 19.8 Å². The first-order valence-electron chi connectivity index (χ1n) is 17.8. The van der Waals surface area contributed by atoms with Gasteiger partial charge in [0, 0.05) is 37.8 Å². The number of amides is 1. The van der Waals surface area contributed by atoms with Crippen LogP contribution in [0.3, 0.4) is 0 Å². The smallest absolute Gasteiger partial charge is 0.410 e. The number of aromatic nitrogens is 3. The van der Waals surface area contributed by atoms with Gasteiger partial charge in [-0.15, -0.1) is 0 Å². The number of alkyl halides is 1. The molecule has 0 radical (unpaired) electrons. The van der Waals surface area contributed by atoms with Gasteiger partial charge in [0.05, 0.1) is 23.0 Å². The first kappa shape index (κ1) is 33.0. The number of nitrogens with zero attached hydrogens (tertiary/aromatic N) is 6. The number of hydrogen-bond donors (Lipinski definition) is 0. The molecule has 2 bridgehead atoms. The van der Waals surface area contributed by atoms with Gasteiger partial charge in [0.15, 0.2) is 5.82 Å². The zero-order chi connectivity index (χ0) is 34.9. The number of carbonyl (C=O) groups excluding carboxylic acids is 1. The van der Waals surface area contributed by atoms with Crippen molar-refractivity contribution in [3.63, 3.8) is 0 Å². The summed E-state index contributed by atoms with van der Waals surface area (Å²) < 4.78 is 58.7. The molecule has 1 amide bonds. The lowest BCUT2D eigenvalue weighted by molar-refractivity contribution is 0.0122. The van der Waals surface area contributed by atoms with Crippen molar-refractivity contribution in [2.75, 3.05) is 37.7 Å². The highest BCUT2D eigenvalue weighted by Gasteiger charge is 2.50. The van der Waals surface area contributed by atoms with Crippen molar-refractivity contribution < 1.29 is 27.4 Å². The third-order valence-electron chi connectivity index (χ3n) is 11.0. The molecule has 9 nitrogen and oxygen atoms in total. The highest BCUT2D eigenvalue weighted by Crippen LogP contribution is 2.42. The van der Waals surface area contributed by atoms with Crippen LogP contribution in [0.1, 0.15) is 65.4 Å². The summed E-state index contributed by atoms with van der Waals surface area (Å²) in [6.07, 6.45) is 4.52. The lowest BCUT2D eigenvalue weighted by atomic mass is 9.95. The lowest BCUT2D eigenvalue weighted by Gasteiger charge is -2.42. The van der Waals surface area contributed by atoms with E-state index in [1.54, 1.807) is 18.3 Å². The van der Waals surface area contributed by atoms with Crippen LogP contribution >= 0.6 is 0 Å². The number of benzene rings is 2. The van der Waals surface area contributed by atoms with Crippen molar-refractivity contribution in [3.05, 3.63) is 53.7 Å². The molecule has 4 saturated heterocycles. The van der Waals surface area contributed by atoms with Gasteiger partial charge in [0.2, 0.25) is 0 Å². The van der Waals surface area contributed by atoms with Crippen LogP contribution in [-0.4, -0.2) is 93.0 Å². The van der Waals surface area contributed by atoms with E-state index in [1.165, 1.54) is 6.07 Å². The Kier molecular flexibility index (Phi) is 8.08. The quantitative estimate of drug-likeness (QED) is 0.210. The predicted molar refractivity (Wildman–Crippen MR) is 185 cm³/mol. The highest BCUT2D eigenvalue weighted by atomic mass is 19.1. The number of anilines is 1. The largest absolute Gasteiger partial charge is 0.461 e. The Morgan fingerprint density at radius 2 is 1.84 bits per heavy atom. The molecule has 4 fully saturated rings. The molecule has 2 aromatic carbocycles. The Bertz CT molecular complexity index is 1970. The summed E-state index contributed by atoms with van der Waals surface area (Å²) in [5.74, 6) is -0.537. The number of carbonyl (C=O) groups is 1. The van der Waals surface area contributed by atoms with Gasteiger partial charge in [-0.3, -0.25) is 14.8 Å². The molecule has 0 saturated carbocycles. The Balaban J connectivity index is 1.21. The average molecular weight is 689 g/mol. The summed E-state index contributed by atoms with van der Waals surface area (Å²) in [5, 5.41) is 1.82. The van der Waals surface area contributed by atoms with Crippen LogP contribution in [-0.2, 0) is 11.2 Å². The molecule has 4 aliphatic heterocycles. The van der Waals surface area contributed by atoms with Crippen molar-refractivity contribution >= 4 is 33.6 Å². The molecule has 6 heterocycles. The first-order valence-corrected chi connectivity index (χ1v) is 17.8. The molecule has 50 heavy (non-hydrogen) atoms. The molecule has 4 aromatic rings. The molecule has 0 spiro atoms. The molecular formula is C38H43F3N6O3. The number of halogens is 3. The van der Waals surface area contributed by atoms with E-state index in [9.17, 15) is 9.18 Å². The first-order chi connectivity index (χ1) is 23.9. The molecular weight excluding hydrogens is 645 g/mol. The van der Waals surface area contributed by atoms with Crippen molar-refractivity contribution in [1.82, 2.24) is 24.8 Å². The normalized spacial score (nSPS) is 25.1. The summed E-state index contributed by atoms with van der Waals surface area (Å²) >= 11 is 0. The monoisotopic (exact) mass is 688 g/mol. The standard InChI is InChI=1S/C38H43F3N6O3/c1-5-26-29(40)13-10-22-8-6-9-27(30(22)26)32-31(41)33-28(17-42-32)34(44-35(43-33)49-21-38-14-7-15-46(38)18-23(39)16-38)45-19-24-11-12-25(20-45)47(24)36(48)50-37(2,3)4/h6,8-10,13,17,23-25H,5,7,11-12,14-16,18-21H2,1-4H3/t23-,24?,25?,38+/m1/s1. The van der Waals surface area contributed by atoms with Gasteiger partial charge in [-0.25, -0.2) is 18.0 Å². The average Bonchev–Trinajstić information content (AvgIpc) is 3.69.